The fraction of sp³-hybridized carbons (Fsp3) is 0.0769. The molecule has 0 bridgehead atoms. The maximum atomic E-state index is 11.6. The van der Waals surface area contributed by atoms with Crippen LogP contribution in [0.4, 0.5) is 11.5 Å². The zero-order valence-corrected chi connectivity index (χ0v) is 10.4. The highest BCUT2D eigenvalue weighted by molar-refractivity contribution is 5.98. The van der Waals surface area contributed by atoms with Crippen LogP contribution in [0.25, 0.3) is 0 Å². The maximum absolute atomic E-state index is 11.6. The first-order chi connectivity index (χ1) is 9.24. The number of hydrazine groups is 1. The molecule has 0 radical (unpaired) electrons. The molecule has 1 aromatic heterocycles. The van der Waals surface area contributed by atoms with Crippen LogP contribution in [-0.4, -0.2) is 18.0 Å². The van der Waals surface area contributed by atoms with E-state index < -0.39 is 5.91 Å². The molecular formula is C13H14N4O2. The first-order valence-corrected chi connectivity index (χ1v) is 5.61. The van der Waals surface area contributed by atoms with Crippen molar-refractivity contribution in [2.75, 3.05) is 12.4 Å². The molecule has 2 rings (SSSR count). The van der Waals surface area contributed by atoms with E-state index >= 15 is 0 Å². The molecule has 1 heterocycles. The third kappa shape index (κ3) is 2.99. The molecule has 19 heavy (non-hydrogen) atoms. The molecule has 98 valence electrons. The predicted molar refractivity (Wildman–Crippen MR) is 72.2 cm³/mol. The van der Waals surface area contributed by atoms with Crippen LogP contribution in [0.3, 0.4) is 0 Å². The summed E-state index contributed by atoms with van der Waals surface area (Å²) in [5.41, 5.74) is 3.26. The number of anilines is 2. The number of nitrogens with zero attached hydrogens (tertiary/aromatic N) is 1. The van der Waals surface area contributed by atoms with Gasteiger partial charge in [-0.15, -0.1) is 0 Å². The second kappa shape index (κ2) is 5.83. The van der Waals surface area contributed by atoms with E-state index in [1.807, 2.05) is 24.3 Å². The molecule has 0 saturated heterocycles. The molecule has 0 spiro atoms. The Labute approximate surface area is 110 Å². The maximum Gasteiger partial charge on any atom is 0.268 e. The lowest BCUT2D eigenvalue weighted by molar-refractivity contribution is 0.0954. The zero-order valence-electron chi connectivity index (χ0n) is 10.4. The van der Waals surface area contributed by atoms with Gasteiger partial charge < -0.3 is 10.1 Å². The number of benzene rings is 1. The van der Waals surface area contributed by atoms with Crippen LogP contribution in [0.5, 0.6) is 5.75 Å². The SMILES string of the molecule is COc1ccc(Nc2ncccc2C(=O)NN)cc1. The summed E-state index contributed by atoms with van der Waals surface area (Å²) in [4.78, 5) is 15.7. The number of methoxy groups -OCH3 is 1. The van der Waals surface area contributed by atoms with E-state index in [1.165, 1.54) is 0 Å². The van der Waals surface area contributed by atoms with Crippen LogP contribution in [0.15, 0.2) is 42.6 Å². The monoisotopic (exact) mass is 258 g/mol. The van der Waals surface area contributed by atoms with Crippen LogP contribution in [-0.2, 0) is 0 Å². The average molecular weight is 258 g/mol. The lowest BCUT2D eigenvalue weighted by Crippen LogP contribution is -2.30. The van der Waals surface area contributed by atoms with E-state index in [4.69, 9.17) is 10.6 Å². The van der Waals surface area contributed by atoms with E-state index in [0.717, 1.165) is 11.4 Å². The molecule has 4 N–H and O–H groups in total. The van der Waals surface area contributed by atoms with Gasteiger partial charge in [-0.25, -0.2) is 10.8 Å². The third-order valence-corrected chi connectivity index (χ3v) is 2.54. The number of nitrogens with one attached hydrogen (secondary N) is 2. The summed E-state index contributed by atoms with van der Waals surface area (Å²) < 4.78 is 5.07. The van der Waals surface area contributed by atoms with E-state index in [2.05, 4.69) is 15.7 Å². The number of amides is 1. The van der Waals surface area contributed by atoms with Crippen LogP contribution in [0.2, 0.25) is 0 Å². The Bertz CT molecular complexity index is 569. The fourth-order valence-corrected chi connectivity index (χ4v) is 1.58. The number of hydrogen-bond acceptors (Lipinski definition) is 5. The van der Waals surface area contributed by atoms with Crippen molar-refractivity contribution >= 4 is 17.4 Å². The highest BCUT2D eigenvalue weighted by Crippen LogP contribution is 2.20. The summed E-state index contributed by atoms with van der Waals surface area (Å²) in [6.07, 6.45) is 1.60. The van der Waals surface area contributed by atoms with Crippen molar-refractivity contribution in [1.82, 2.24) is 10.4 Å². The Morgan fingerprint density at radius 2 is 2.00 bits per heavy atom. The van der Waals surface area contributed by atoms with Gasteiger partial charge in [0.15, 0.2) is 0 Å². The summed E-state index contributed by atoms with van der Waals surface area (Å²) in [5, 5.41) is 3.06. The molecule has 2 aromatic rings. The minimum atomic E-state index is -0.399. The lowest BCUT2D eigenvalue weighted by Gasteiger charge is -2.10. The molecule has 0 saturated carbocycles. The molecule has 0 atom stereocenters. The number of ether oxygens (including phenoxy) is 1. The van der Waals surface area contributed by atoms with Gasteiger partial charge >= 0.3 is 0 Å². The van der Waals surface area contributed by atoms with Crippen molar-refractivity contribution in [3.63, 3.8) is 0 Å². The van der Waals surface area contributed by atoms with Crippen LogP contribution < -0.4 is 21.3 Å². The molecule has 6 heteroatoms. The molecule has 0 aliphatic carbocycles. The normalized spacial score (nSPS) is 9.79. The van der Waals surface area contributed by atoms with Gasteiger partial charge in [0, 0.05) is 11.9 Å². The van der Waals surface area contributed by atoms with Crippen LogP contribution in [0.1, 0.15) is 10.4 Å². The number of nitrogen functional groups attached to an aromatic ring is 1. The quantitative estimate of drug-likeness (QED) is 0.438. The Morgan fingerprint density at radius 1 is 1.26 bits per heavy atom. The average Bonchev–Trinajstić information content (AvgIpc) is 2.48. The van der Waals surface area contributed by atoms with E-state index in [9.17, 15) is 4.79 Å². The van der Waals surface area contributed by atoms with Gasteiger partial charge in [0.25, 0.3) is 5.91 Å². The van der Waals surface area contributed by atoms with E-state index in [0.29, 0.717) is 11.4 Å². The van der Waals surface area contributed by atoms with Crippen LogP contribution >= 0.6 is 0 Å². The Kier molecular flexibility index (Phi) is 3.94. The summed E-state index contributed by atoms with van der Waals surface area (Å²) in [7, 11) is 1.60. The number of carbonyl (C=O) groups excluding carboxylic acids is 1. The minimum Gasteiger partial charge on any atom is -0.497 e. The minimum absolute atomic E-state index is 0.376. The van der Waals surface area contributed by atoms with Gasteiger partial charge in [-0.2, -0.15) is 0 Å². The van der Waals surface area contributed by atoms with Gasteiger partial charge in [0.2, 0.25) is 0 Å². The highest BCUT2D eigenvalue weighted by Gasteiger charge is 2.10. The second-order valence-electron chi connectivity index (χ2n) is 3.73. The van der Waals surface area contributed by atoms with Crippen LogP contribution in [0, 0.1) is 0 Å². The van der Waals surface area contributed by atoms with Crippen molar-refractivity contribution in [1.29, 1.82) is 0 Å². The first kappa shape index (κ1) is 12.8. The van der Waals surface area contributed by atoms with Crippen molar-refractivity contribution in [2.45, 2.75) is 0 Å². The van der Waals surface area contributed by atoms with Gasteiger partial charge in [-0.1, -0.05) is 0 Å². The smallest absolute Gasteiger partial charge is 0.268 e. The molecular weight excluding hydrogens is 244 g/mol. The largest absolute Gasteiger partial charge is 0.497 e. The molecule has 0 unspecified atom stereocenters. The topological polar surface area (TPSA) is 89.3 Å². The second-order valence-corrected chi connectivity index (χ2v) is 3.73. The number of pyridine rings is 1. The molecule has 6 nitrogen and oxygen atoms in total. The summed E-state index contributed by atoms with van der Waals surface area (Å²) in [6, 6.07) is 10.6. The number of carbonyl (C=O) groups is 1. The Hall–Kier alpha value is -2.60. The number of nitrogens with two attached hydrogens (primary N) is 1. The Balaban J connectivity index is 2.25. The molecule has 0 fully saturated rings. The third-order valence-electron chi connectivity index (χ3n) is 2.54. The summed E-state index contributed by atoms with van der Waals surface area (Å²) in [6.45, 7) is 0. The molecule has 0 aliphatic heterocycles. The van der Waals surface area contributed by atoms with Crippen molar-refractivity contribution in [3.05, 3.63) is 48.2 Å². The predicted octanol–water partition coefficient (Wildman–Crippen LogP) is 1.44. The summed E-state index contributed by atoms with van der Waals surface area (Å²) >= 11 is 0. The van der Waals surface area contributed by atoms with Crippen molar-refractivity contribution < 1.29 is 9.53 Å². The summed E-state index contributed by atoms with van der Waals surface area (Å²) in [5.74, 6) is 5.93. The lowest BCUT2D eigenvalue weighted by atomic mass is 10.2. The number of rotatable bonds is 4. The highest BCUT2D eigenvalue weighted by atomic mass is 16.5. The Morgan fingerprint density at radius 3 is 2.63 bits per heavy atom. The van der Waals surface area contributed by atoms with Gasteiger partial charge in [0.1, 0.15) is 11.6 Å². The van der Waals surface area contributed by atoms with Gasteiger partial charge in [0.05, 0.1) is 12.7 Å². The van der Waals surface area contributed by atoms with E-state index in [1.54, 1.807) is 25.4 Å². The van der Waals surface area contributed by atoms with Crippen molar-refractivity contribution in [3.8, 4) is 5.75 Å². The standard InChI is InChI=1S/C13H14N4O2/c1-19-10-6-4-9(5-7-10)16-12-11(13(18)17-14)3-2-8-15-12/h2-8H,14H2,1H3,(H,15,16)(H,17,18). The van der Waals surface area contributed by atoms with E-state index in [-0.39, 0.29) is 0 Å². The van der Waals surface area contributed by atoms with Gasteiger partial charge in [-0.3, -0.25) is 10.2 Å². The number of aromatic nitrogens is 1. The number of hydrogen-bond donors (Lipinski definition) is 3. The molecule has 0 aliphatic rings. The first-order valence-electron chi connectivity index (χ1n) is 5.61. The molecule has 1 aromatic carbocycles. The zero-order chi connectivity index (χ0) is 13.7. The van der Waals surface area contributed by atoms with Crippen molar-refractivity contribution in [2.24, 2.45) is 5.84 Å². The molecule has 1 amide bonds. The fourth-order valence-electron chi connectivity index (χ4n) is 1.58. The van der Waals surface area contributed by atoms with Gasteiger partial charge in [-0.05, 0) is 36.4 Å².